The number of fused-ring (bicyclic) bond motifs is 1. The van der Waals surface area contributed by atoms with E-state index in [-0.39, 0.29) is 17.4 Å². The fraction of sp³-hybridized carbons (Fsp3) is 0.500. The summed E-state index contributed by atoms with van der Waals surface area (Å²) in [5.74, 6) is 0.107. The minimum Gasteiger partial charge on any atom is -0.507 e. The van der Waals surface area contributed by atoms with Crippen LogP contribution in [-0.4, -0.2) is 65.5 Å². The lowest BCUT2D eigenvalue weighted by Gasteiger charge is -2.27. The summed E-state index contributed by atoms with van der Waals surface area (Å²) in [6.07, 6.45) is 4.69. The van der Waals surface area contributed by atoms with E-state index >= 15 is 0 Å². The number of nitrogens with zero attached hydrogens (tertiary/aromatic N) is 2. The van der Waals surface area contributed by atoms with Gasteiger partial charge in [0.2, 0.25) is 0 Å². The first-order valence-electron chi connectivity index (χ1n) is 14.4. The van der Waals surface area contributed by atoms with Crippen molar-refractivity contribution in [2.24, 2.45) is 0 Å². The van der Waals surface area contributed by atoms with E-state index in [0.717, 1.165) is 68.6 Å². The van der Waals surface area contributed by atoms with Gasteiger partial charge in [-0.05, 0) is 80.9 Å². The summed E-state index contributed by atoms with van der Waals surface area (Å²) >= 11 is 0. The number of likely N-dealkylation sites (tertiary alicyclic amines) is 1. The molecule has 2 heterocycles. The van der Waals surface area contributed by atoms with Gasteiger partial charge in [-0.2, -0.15) is 0 Å². The van der Waals surface area contributed by atoms with Crippen molar-refractivity contribution in [2.75, 3.05) is 32.8 Å². The Balaban J connectivity index is 1.70. The van der Waals surface area contributed by atoms with Gasteiger partial charge in [-0.25, -0.2) is 0 Å². The smallest absolute Gasteiger partial charge is 0.295 e. The van der Waals surface area contributed by atoms with Crippen molar-refractivity contribution in [3.63, 3.8) is 0 Å². The van der Waals surface area contributed by atoms with Crippen LogP contribution in [0.2, 0.25) is 0 Å². The molecule has 0 radical (unpaired) electrons. The van der Waals surface area contributed by atoms with E-state index in [2.05, 4.69) is 25.7 Å². The highest BCUT2D eigenvalue weighted by Gasteiger charge is 2.46. The molecular formula is C32H42N2O5. The van der Waals surface area contributed by atoms with Gasteiger partial charge in [0.05, 0.1) is 18.2 Å². The van der Waals surface area contributed by atoms with E-state index in [1.165, 1.54) is 0 Å². The van der Waals surface area contributed by atoms with Crippen LogP contribution in [0.1, 0.15) is 76.1 Å². The van der Waals surface area contributed by atoms with Crippen LogP contribution < -0.4 is 9.47 Å². The molecule has 1 N–H and O–H groups in total. The summed E-state index contributed by atoms with van der Waals surface area (Å²) in [6, 6.07) is 12.3. The van der Waals surface area contributed by atoms with Gasteiger partial charge in [0.1, 0.15) is 23.4 Å². The Kier molecular flexibility index (Phi) is 9.68. The lowest BCUT2D eigenvalue weighted by atomic mass is 9.94. The molecule has 2 aromatic carbocycles. The van der Waals surface area contributed by atoms with Gasteiger partial charge >= 0.3 is 0 Å². The summed E-state index contributed by atoms with van der Waals surface area (Å²) in [4.78, 5) is 30.8. The Morgan fingerprint density at radius 3 is 2.62 bits per heavy atom. The normalized spacial score (nSPS) is 20.0. The molecule has 1 amide bonds. The van der Waals surface area contributed by atoms with Crippen molar-refractivity contribution >= 4 is 17.4 Å². The van der Waals surface area contributed by atoms with E-state index in [1.807, 2.05) is 43.3 Å². The molecule has 2 aliphatic rings. The van der Waals surface area contributed by atoms with Gasteiger partial charge in [-0.1, -0.05) is 45.7 Å². The number of hydrogen-bond donors (Lipinski definition) is 1. The molecule has 0 saturated carbocycles. The molecule has 7 nitrogen and oxygen atoms in total. The molecule has 1 saturated heterocycles. The molecule has 2 atom stereocenters. The van der Waals surface area contributed by atoms with Gasteiger partial charge in [-0.3, -0.25) is 9.59 Å². The monoisotopic (exact) mass is 534 g/mol. The van der Waals surface area contributed by atoms with Crippen LogP contribution in [0, 0.1) is 0 Å². The molecule has 0 unspecified atom stereocenters. The molecule has 210 valence electrons. The van der Waals surface area contributed by atoms with Gasteiger partial charge in [-0.15, -0.1) is 0 Å². The number of aliphatic hydroxyl groups excluding tert-OH is 1. The van der Waals surface area contributed by atoms with Crippen molar-refractivity contribution in [1.29, 1.82) is 0 Å². The van der Waals surface area contributed by atoms with Crippen LogP contribution in [0.3, 0.4) is 0 Å². The molecule has 4 rings (SSSR count). The molecule has 39 heavy (non-hydrogen) atoms. The van der Waals surface area contributed by atoms with Crippen LogP contribution in [0.25, 0.3) is 5.76 Å². The molecule has 0 spiro atoms. The number of rotatable bonds is 13. The van der Waals surface area contributed by atoms with Crippen molar-refractivity contribution in [2.45, 2.75) is 71.9 Å². The zero-order valence-corrected chi connectivity index (χ0v) is 23.7. The lowest BCUT2D eigenvalue weighted by Crippen LogP contribution is -2.33. The molecule has 2 aliphatic heterocycles. The van der Waals surface area contributed by atoms with E-state index in [1.54, 1.807) is 11.0 Å². The Hall–Kier alpha value is -3.32. The highest BCUT2D eigenvalue weighted by atomic mass is 16.5. The first-order valence-corrected chi connectivity index (χ1v) is 14.4. The number of amides is 1. The quantitative estimate of drug-likeness (QED) is 0.153. The Bertz CT molecular complexity index is 1200. The maximum atomic E-state index is 13.5. The van der Waals surface area contributed by atoms with E-state index < -0.39 is 17.7 Å². The molecule has 0 aromatic heterocycles. The van der Waals surface area contributed by atoms with Crippen LogP contribution >= 0.6 is 0 Å². The minimum absolute atomic E-state index is 0.0637. The van der Waals surface area contributed by atoms with Gasteiger partial charge in [0, 0.05) is 18.5 Å². The largest absolute Gasteiger partial charge is 0.507 e. The Morgan fingerprint density at radius 1 is 1.08 bits per heavy atom. The minimum atomic E-state index is -0.690. The first-order chi connectivity index (χ1) is 18.9. The zero-order chi connectivity index (χ0) is 27.9. The summed E-state index contributed by atoms with van der Waals surface area (Å²) in [6.45, 7) is 12.1. The number of aliphatic hydroxyl groups is 1. The SMILES string of the molecule is CCCCCOc1cccc([C@H]2C(=C(O)c3ccc4c(c3)C[C@H](C)O4)C(=O)C(=O)N2CCCN(CC)CC)c1. The third-order valence-electron chi connectivity index (χ3n) is 7.67. The molecule has 1 fully saturated rings. The van der Waals surface area contributed by atoms with Crippen molar-refractivity contribution in [3.05, 3.63) is 64.7 Å². The fourth-order valence-electron chi connectivity index (χ4n) is 5.50. The average Bonchev–Trinajstić information content (AvgIpc) is 3.44. The maximum Gasteiger partial charge on any atom is 0.295 e. The average molecular weight is 535 g/mol. The van der Waals surface area contributed by atoms with Crippen LogP contribution in [-0.2, 0) is 16.0 Å². The van der Waals surface area contributed by atoms with Crippen molar-refractivity contribution in [3.8, 4) is 11.5 Å². The predicted octanol–water partition coefficient (Wildman–Crippen LogP) is 5.73. The summed E-state index contributed by atoms with van der Waals surface area (Å²) in [7, 11) is 0. The number of Topliss-reactive ketones (excluding diaryl/α,β-unsaturated/α-hetero) is 1. The lowest BCUT2D eigenvalue weighted by molar-refractivity contribution is -0.140. The third-order valence-corrected chi connectivity index (χ3v) is 7.67. The van der Waals surface area contributed by atoms with E-state index in [0.29, 0.717) is 24.5 Å². The molecule has 0 bridgehead atoms. The number of ether oxygens (including phenoxy) is 2. The Morgan fingerprint density at radius 2 is 1.87 bits per heavy atom. The predicted molar refractivity (Wildman–Crippen MR) is 153 cm³/mol. The third kappa shape index (κ3) is 6.47. The van der Waals surface area contributed by atoms with Crippen LogP contribution in [0.15, 0.2) is 48.0 Å². The van der Waals surface area contributed by atoms with Gasteiger partial charge in [0.25, 0.3) is 11.7 Å². The van der Waals surface area contributed by atoms with Crippen molar-refractivity contribution < 1.29 is 24.2 Å². The van der Waals surface area contributed by atoms with E-state index in [4.69, 9.17) is 9.47 Å². The number of unbranched alkanes of at least 4 members (excludes halogenated alkanes) is 2. The second-order valence-electron chi connectivity index (χ2n) is 10.5. The second-order valence-corrected chi connectivity index (χ2v) is 10.5. The summed E-state index contributed by atoms with van der Waals surface area (Å²) in [5, 5.41) is 11.5. The summed E-state index contributed by atoms with van der Waals surface area (Å²) in [5.41, 5.74) is 2.38. The number of carbonyl (C=O) groups excluding carboxylic acids is 2. The zero-order valence-electron chi connectivity index (χ0n) is 23.7. The Labute approximate surface area is 232 Å². The number of benzene rings is 2. The number of ketones is 1. The standard InChI is InChI=1S/C32H42N2O5/c1-5-8-9-18-38-26-13-10-12-23(21-26)29-28(30(35)24-14-15-27-25(20-24)19-22(4)39-27)31(36)32(37)34(29)17-11-16-33(6-2)7-3/h10,12-15,20-22,29,35H,5-9,11,16-19H2,1-4H3/t22-,29-/m0/s1. The van der Waals surface area contributed by atoms with Gasteiger partial charge in [0.15, 0.2) is 0 Å². The van der Waals surface area contributed by atoms with Gasteiger partial charge < -0.3 is 24.4 Å². The van der Waals surface area contributed by atoms with E-state index in [9.17, 15) is 14.7 Å². The maximum absolute atomic E-state index is 13.5. The molecule has 7 heteroatoms. The fourth-order valence-corrected chi connectivity index (χ4v) is 5.50. The highest BCUT2D eigenvalue weighted by Crippen LogP contribution is 2.41. The topological polar surface area (TPSA) is 79.3 Å². The van der Waals surface area contributed by atoms with Crippen LogP contribution in [0.5, 0.6) is 11.5 Å². The molecule has 2 aromatic rings. The second kappa shape index (κ2) is 13.2. The summed E-state index contributed by atoms with van der Waals surface area (Å²) < 4.78 is 11.8. The van der Waals surface area contributed by atoms with Crippen molar-refractivity contribution in [1.82, 2.24) is 9.80 Å². The number of carbonyl (C=O) groups is 2. The highest BCUT2D eigenvalue weighted by molar-refractivity contribution is 6.46. The number of hydrogen-bond acceptors (Lipinski definition) is 6. The first kappa shape index (κ1) is 28.7. The van der Waals surface area contributed by atoms with Crippen LogP contribution in [0.4, 0.5) is 0 Å². The molecular weight excluding hydrogens is 492 g/mol. The molecule has 0 aliphatic carbocycles.